The Morgan fingerprint density at radius 1 is 1.21 bits per heavy atom. The molecule has 38 heavy (non-hydrogen) atoms. The number of methoxy groups -OCH3 is 1. The van der Waals surface area contributed by atoms with Crippen LogP contribution in [0.5, 0.6) is 11.5 Å². The van der Waals surface area contributed by atoms with Crippen LogP contribution >= 0.6 is 15.9 Å². The fourth-order valence-corrected chi connectivity index (χ4v) is 7.19. The number of fused-ring (bicyclic) bond motifs is 4. The zero-order chi connectivity index (χ0) is 26.6. The first-order valence-corrected chi connectivity index (χ1v) is 13.2. The van der Waals surface area contributed by atoms with Crippen molar-refractivity contribution in [2.45, 2.75) is 43.0 Å². The third kappa shape index (κ3) is 3.54. The maximum Gasteiger partial charge on any atom is 0.256 e. The van der Waals surface area contributed by atoms with E-state index in [1.165, 1.54) is 13.2 Å². The van der Waals surface area contributed by atoms with Gasteiger partial charge in [-0.15, -0.1) is 0 Å². The Morgan fingerprint density at radius 2 is 1.97 bits per heavy atom. The SMILES string of the molecule is COc1cc([C@H]2[C@H]([N+](=O)[O-])[C@]3(C(=O)Nc4ccccc43)N3CCC[C@@H]23)cc(Br)c1OCc1ccccc1F. The monoisotopic (exact) mass is 581 g/mol. The molecule has 3 aromatic rings. The molecular weight excluding hydrogens is 557 g/mol. The molecule has 6 rings (SSSR count). The van der Waals surface area contributed by atoms with Crippen molar-refractivity contribution in [2.75, 3.05) is 19.0 Å². The van der Waals surface area contributed by atoms with E-state index in [-0.39, 0.29) is 29.3 Å². The molecule has 1 amide bonds. The highest BCUT2D eigenvalue weighted by Gasteiger charge is 2.73. The first-order chi connectivity index (χ1) is 18.4. The number of halogens is 2. The predicted molar refractivity (Wildman–Crippen MR) is 141 cm³/mol. The Morgan fingerprint density at radius 3 is 2.74 bits per heavy atom. The molecule has 2 saturated heterocycles. The van der Waals surface area contributed by atoms with Crippen molar-refractivity contribution in [3.8, 4) is 11.5 Å². The van der Waals surface area contributed by atoms with Crippen molar-refractivity contribution in [3.05, 3.63) is 97.8 Å². The summed E-state index contributed by atoms with van der Waals surface area (Å²) in [5.74, 6) is -0.562. The standard InChI is InChI=1S/C28H25BrFN3O5/c1-37-23-14-17(13-19(29)25(23)38-15-16-7-2-4-9-20(16)30)24-22-11-6-12-32(22)28(26(24)33(35)36)18-8-3-5-10-21(18)31-27(28)34/h2-5,7-10,13-14,22,24,26H,6,11-12,15H2,1H3,(H,31,34)/t22-,24+,26-,28+/m0/s1. The molecule has 8 nitrogen and oxygen atoms in total. The highest BCUT2D eigenvalue weighted by atomic mass is 79.9. The van der Waals surface area contributed by atoms with Crippen LogP contribution in [-0.2, 0) is 16.9 Å². The zero-order valence-electron chi connectivity index (χ0n) is 20.5. The van der Waals surface area contributed by atoms with Gasteiger partial charge in [0.2, 0.25) is 0 Å². The molecule has 3 heterocycles. The maximum absolute atomic E-state index is 14.1. The van der Waals surface area contributed by atoms with E-state index in [0.717, 1.165) is 12.8 Å². The number of hydrogen-bond acceptors (Lipinski definition) is 6. The number of nitrogens with zero attached hydrogens (tertiary/aromatic N) is 2. The van der Waals surface area contributed by atoms with Crippen LogP contribution in [0.3, 0.4) is 0 Å². The minimum Gasteiger partial charge on any atom is -0.493 e. The fraction of sp³-hybridized carbons (Fsp3) is 0.321. The molecule has 2 fully saturated rings. The van der Waals surface area contributed by atoms with Crippen molar-refractivity contribution < 1.29 is 23.6 Å². The molecule has 4 atom stereocenters. The summed E-state index contributed by atoms with van der Waals surface area (Å²) in [5.41, 5.74) is 0.943. The number of carbonyl (C=O) groups is 1. The van der Waals surface area contributed by atoms with Gasteiger partial charge in [0.25, 0.3) is 11.9 Å². The number of para-hydroxylation sites is 1. The number of anilines is 1. The normalized spacial score (nSPS) is 25.8. The number of benzene rings is 3. The van der Waals surface area contributed by atoms with Gasteiger partial charge in [-0.2, -0.15) is 0 Å². The highest BCUT2D eigenvalue weighted by molar-refractivity contribution is 9.10. The first kappa shape index (κ1) is 24.8. The topological polar surface area (TPSA) is 93.9 Å². The summed E-state index contributed by atoms with van der Waals surface area (Å²) in [6, 6.07) is 15.7. The third-order valence-electron chi connectivity index (χ3n) is 8.06. The average molecular weight is 582 g/mol. The van der Waals surface area contributed by atoms with Crippen LogP contribution in [0.1, 0.15) is 35.4 Å². The molecule has 10 heteroatoms. The van der Waals surface area contributed by atoms with E-state index in [0.29, 0.717) is 44.9 Å². The van der Waals surface area contributed by atoms with Gasteiger partial charge in [0.05, 0.1) is 17.5 Å². The maximum atomic E-state index is 14.1. The summed E-state index contributed by atoms with van der Waals surface area (Å²) >= 11 is 3.56. The van der Waals surface area contributed by atoms with Gasteiger partial charge < -0.3 is 14.8 Å². The zero-order valence-corrected chi connectivity index (χ0v) is 22.1. The van der Waals surface area contributed by atoms with E-state index in [9.17, 15) is 19.3 Å². The summed E-state index contributed by atoms with van der Waals surface area (Å²) in [6.45, 7) is 0.577. The van der Waals surface area contributed by atoms with Gasteiger partial charge in [0.1, 0.15) is 12.4 Å². The van der Waals surface area contributed by atoms with Crippen molar-refractivity contribution in [1.29, 1.82) is 0 Å². The van der Waals surface area contributed by atoms with Gasteiger partial charge in [-0.3, -0.25) is 19.8 Å². The van der Waals surface area contributed by atoms with Crippen LogP contribution in [0, 0.1) is 15.9 Å². The summed E-state index contributed by atoms with van der Waals surface area (Å²) in [7, 11) is 1.49. The number of nitro groups is 1. The quantitative estimate of drug-likeness (QED) is 0.316. The highest BCUT2D eigenvalue weighted by Crippen LogP contribution is 2.58. The largest absolute Gasteiger partial charge is 0.493 e. The first-order valence-electron chi connectivity index (χ1n) is 12.4. The molecule has 196 valence electrons. The molecule has 3 aliphatic rings. The lowest BCUT2D eigenvalue weighted by molar-refractivity contribution is -0.534. The second-order valence-electron chi connectivity index (χ2n) is 9.84. The molecular formula is C28H25BrFN3O5. The molecule has 3 aromatic carbocycles. The molecule has 0 aromatic heterocycles. The minimum absolute atomic E-state index is 0.0155. The van der Waals surface area contributed by atoms with Crippen LogP contribution in [-0.4, -0.2) is 41.5 Å². The van der Waals surface area contributed by atoms with Crippen LogP contribution in [0.25, 0.3) is 0 Å². The number of amides is 1. The minimum atomic E-state index is -1.40. The third-order valence-corrected chi connectivity index (χ3v) is 8.65. The lowest BCUT2D eigenvalue weighted by Crippen LogP contribution is -2.55. The van der Waals surface area contributed by atoms with E-state index in [2.05, 4.69) is 21.2 Å². The van der Waals surface area contributed by atoms with Gasteiger partial charge in [-0.05, 0) is 58.6 Å². The van der Waals surface area contributed by atoms with Gasteiger partial charge >= 0.3 is 0 Å². The van der Waals surface area contributed by atoms with Gasteiger partial charge in [0.15, 0.2) is 17.0 Å². The molecule has 1 N–H and O–H groups in total. The van der Waals surface area contributed by atoms with Gasteiger partial charge in [0, 0.05) is 34.3 Å². The smallest absolute Gasteiger partial charge is 0.256 e. The van der Waals surface area contributed by atoms with Crippen LogP contribution < -0.4 is 14.8 Å². The molecule has 0 unspecified atom stereocenters. The second kappa shape index (κ2) is 9.36. The number of hydrogen-bond donors (Lipinski definition) is 1. The van der Waals surface area contributed by atoms with E-state index >= 15 is 0 Å². The summed E-state index contributed by atoms with van der Waals surface area (Å²) in [5, 5.41) is 15.7. The Balaban J connectivity index is 1.44. The summed E-state index contributed by atoms with van der Waals surface area (Å²) < 4.78 is 26.3. The predicted octanol–water partition coefficient (Wildman–Crippen LogP) is 5.23. The fourth-order valence-electron chi connectivity index (χ4n) is 6.61. The summed E-state index contributed by atoms with van der Waals surface area (Å²) in [4.78, 5) is 28.2. The second-order valence-corrected chi connectivity index (χ2v) is 10.7. The van der Waals surface area contributed by atoms with Crippen LogP contribution in [0.4, 0.5) is 10.1 Å². The average Bonchev–Trinajstić information content (AvgIpc) is 3.57. The Bertz CT molecular complexity index is 1450. The lowest BCUT2D eigenvalue weighted by atomic mass is 9.77. The van der Waals surface area contributed by atoms with E-state index in [1.54, 1.807) is 36.4 Å². The summed E-state index contributed by atoms with van der Waals surface area (Å²) in [6.07, 6.45) is 1.57. The molecule has 3 aliphatic heterocycles. The van der Waals surface area contributed by atoms with Crippen LogP contribution in [0.2, 0.25) is 0 Å². The van der Waals surface area contributed by atoms with Crippen molar-refractivity contribution in [3.63, 3.8) is 0 Å². The molecule has 0 saturated carbocycles. The number of rotatable bonds is 6. The van der Waals surface area contributed by atoms with Gasteiger partial charge in [-0.25, -0.2) is 4.39 Å². The van der Waals surface area contributed by atoms with Gasteiger partial charge in [-0.1, -0.05) is 36.4 Å². The lowest BCUT2D eigenvalue weighted by Gasteiger charge is -2.32. The molecule has 1 spiro atoms. The Labute approximate surface area is 227 Å². The molecule has 0 bridgehead atoms. The van der Waals surface area contributed by atoms with Crippen molar-refractivity contribution in [2.24, 2.45) is 0 Å². The number of carbonyl (C=O) groups excluding carboxylic acids is 1. The molecule has 0 aliphatic carbocycles. The number of nitrogens with one attached hydrogen (secondary N) is 1. The van der Waals surface area contributed by atoms with E-state index in [1.807, 2.05) is 23.1 Å². The van der Waals surface area contributed by atoms with E-state index in [4.69, 9.17) is 9.47 Å². The Hall–Kier alpha value is -3.50. The Kier molecular flexibility index (Phi) is 6.11. The van der Waals surface area contributed by atoms with Crippen molar-refractivity contribution in [1.82, 2.24) is 4.90 Å². The van der Waals surface area contributed by atoms with Crippen molar-refractivity contribution >= 4 is 27.5 Å². The van der Waals surface area contributed by atoms with Crippen LogP contribution in [0.15, 0.2) is 65.1 Å². The number of ether oxygens (including phenoxy) is 2. The van der Waals surface area contributed by atoms with E-state index < -0.39 is 17.5 Å². The molecule has 0 radical (unpaired) electrons.